The van der Waals surface area contributed by atoms with Crippen LogP contribution in [0.3, 0.4) is 0 Å². The van der Waals surface area contributed by atoms with E-state index in [1.807, 2.05) is 0 Å². The first-order valence-corrected chi connectivity index (χ1v) is 6.49. The molecule has 0 aromatic rings. The largest absolute Gasteiger partial charge is 0.300 e. The van der Waals surface area contributed by atoms with Gasteiger partial charge in [-0.15, -0.1) is 0 Å². The maximum Gasteiger partial charge on any atom is 0.0459 e. The maximum atomic E-state index is 2.33. The maximum absolute atomic E-state index is 2.33. The van der Waals surface area contributed by atoms with Crippen LogP contribution < -0.4 is 0 Å². The highest BCUT2D eigenvalue weighted by molar-refractivity contribution is 5.31. The zero-order valence-corrected chi connectivity index (χ0v) is 12.2. The average molecular weight is 233 g/mol. The van der Waals surface area contributed by atoms with Crippen molar-refractivity contribution in [1.29, 1.82) is 0 Å². The zero-order chi connectivity index (χ0) is 13.1. The Hall–Kier alpha value is -0.820. The lowest BCUT2D eigenvalue weighted by Gasteiger charge is -2.23. The van der Waals surface area contributed by atoms with Gasteiger partial charge in [-0.1, -0.05) is 50.6 Å². The van der Waals surface area contributed by atoms with Crippen LogP contribution in [0.25, 0.3) is 0 Å². The molecule has 0 spiro atoms. The van der Waals surface area contributed by atoms with Crippen LogP contribution in [-0.4, -0.2) is 25.0 Å². The summed E-state index contributed by atoms with van der Waals surface area (Å²) in [7, 11) is 4.25. The van der Waals surface area contributed by atoms with Gasteiger partial charge in [0.15, 0.2) is 0 Å². The van der Waals surface area contributed by atoms with Crippen LogP contribution in [0.1, 0.15) is 40.5 Å². The minimum absolute atomic E-state index is 0.359. The van der Waals surface area contributed by atoms with Crippen LogP contribution in [0, 0.1) is 5.41 Å². The zero-order valence-electron chi connectivity index (χ0n) is 12.2. The predicted molar refractivity (Wildman–Crippen MR) is 77.1 cm³/mol. The fourth-order valence-electron chi connectivity index (χ4n) is 2.06. The highest BCUT2D eigenvalue weighted by Gasteiger charge is 2.14. The molecule has 0 aromatic heterocycles. The SMILES string of the molecule is C/C1=C(CC(C)(C)C)/C=C/C(N(C)C)/C=C\C1. The van der Waals surface area contributed by atoms with Gasteiger partial charge in [-0.2, -0.15) is 0 Å². The van der Waals surface area contributed by atoms with E-state index in [2.05, 4.69) is 71.0 Å². The Morgan fingerprint density at radius 3 is 2.41 bits per heavy atom. The summed E-state index contributed by atoms with van der Waals surface area (Å²) >= 11 is 0. The molecule has 0 N–H and O–H groups in total. The van der Waals surface area contributed by atoms with Crippen molar-refractivity contribution in [2.45, 2.75) is 46.6 Å². The monoisotopic (exact) mass is 233 g/mol. The van der Waals surface area contributed by atoms with E-state index in [1.54, 1.807) is 0 Å². The van der Waals surface area contributed by atoms with Crippen molar-refractivity contribution in [1.82, 2.24) is 4.90 Å². The van der Waals surface area contributed by atoms with Gasteiger partial charge in [-0.05, 0) is 44.8 Å². The highest BCUT2D eigenvalue weighted by Crippen LogP contribution is 2.28. The summed E-state index contributed by atoms with van der Waals surface area (Å²) in [5, 5.41) is 0. The van der Waals surface area contributed by atoms with E-state index >= 15 is 0 Å². The van der Waals surface area contributed by atoms with Crippen LogP contribution in [0.15, 0.2) is 35.5 Å². The summed E-state index contributed by atoms with van der Waals surface area (Å²) in [5.74, 6) is 0. The molecule has 1 heteroatoms. The van der Waals surface area contributed by atoms with E-state index < -0.39 is 0 Å². The van der Waals surface area contributed by atoms with Gasteiger partial charge in [0.25, 0.3) is 0 Å². The molecule has 0 bridgehead atoms. The number of likely N-dealkylation sites (N-methyl/N-ethyl adjacent to an activating group) is 1. The molecule has 0 heterocycles. The third-order valence-electron chi connectivity index (χ3n) is 3.12. The van der Waals surface area contributed by atoms with Gasteiger partial charge in [-0.25, -0.2) is 0 Å². The van der Waals surface area contributed by atoms with Crippen LogP contribution in [-0.2, 0) is 0 Å². The third-order valence-corrected chi connectivity index (χ3v) is 3.12. The van der Waals surface area contributed by atoms with Crippen molar-refractivity contribution in [3.8, 4) is 0 Å². The van der Waals surface area contributed by atoms with Gasteiger partial charge in [0.1, 0.15) is 0 Å². The molecule has 0 radical (unpaired) electrons. The molecule has 1 aliphatic carbocycles. The minimum Gasteiger partial charge on any atom is -0.300 e. The Labute approximate surface area is 107 Å². The molecular formula is C16H27N. The molecule has 0 aromatic carbocycles. The molecule has 1 rings (SSSR count). The van der Waals surface area contributed by atoms with Crippen molar-refractivity contribution < 1.29 is 0 Å². The quantitative estimate of drug-likeness (QED) is 0.647. The standard InChI is InChI=1S/C16H27N/c1-13-8-7-9-15(17(5)6)11-10-14(13)12-16(2,3)4/h7,9-11,15H,8,12H2,1-6H3/b9-7-,11-10+,14-13+. The van der Waals surface area contributed by atoms with Crippen LogP contribution >= 0.6 is 0 Å². The number of hydrogen-bond donors (Lipinski definition) is 0. The van der Waals surface area contributed by atoms with Crippen molar-refractivity contribution >= 4 is 0 Å². The van der Waals surface area contributed by atoms with E-state index in [9.17, 15) is 0 Å². The summed E-state index contributed by atoms with van der Waals surface area (Å²) in [6.45, 7) is 9.17. The van der Waals surface area contributed by atoms with Gasteiger partial charge >= 0.3 is 0 Å². The van der Waals surface area contributed by atoms with E-state index in [0.717, 1.165) is 12.8 Å². The van der Waals surface area contributed by atoms with Crippen LogP contribution in [0.5, 0.6) is 0 Å². The highest BCUT2D eigenvalue weighted by atomic mass is 15.1. The van der Waals surface area contributed by atoms with E-state index in [4.69, 9.17) is 0 Å². The van der Waals surface area contributed by atoms with Crippen molar-refractivity contribution in [3.05, 3.63) is 35.5 Å². The van der Waals surface area contributed by atoms with Gasteiger partial charge in [0.05, 0.1) is 0 Å². The molecule has 1 nitrogen and oxygen atoms in total. The van der Waals surface area contributed by atoms with Gasteiger partial charge in [-0.3, -0.25) is 4.90 Å². The molecular weight excluding hydrogens is 206 g/mol. The summed E-state index contributed by atoms with van der Waals surface area (Å²) in [4.78, 5) is 2.24. The molecule has 96 valence electrons. The Balaban J connectivity index is 2.91. The fourth-order valence-corrected chi connectivity index (χ4v) is 2.06. The molecule has 0 fully saturated rings. The molecule has 0 saturated heterocycles. The second-order valence-electron chi connectivity index (χ2n) is 6.49. The predicted octanol–water partition coefficient (Wildman–Crippen LogP) is 4.19. The molecule has 1 atom stereocenters. The minimum atomic E-state index is 0.359. The Bertz CT molecular complexity index is 337. The Morgan fingerprint density at radius 2 is 1.88 bits per heavy atom. The average Bonchev–Trinajstić information content (AvgIpc) is 2.15. The lowest BCUT2D eigenvalue weighted by atomic mass is 9.85. The lowest BCUT2D eigenvalue weighted by Crippen LogP contribution is -2.24. The molecule has 0 aliphatic heterocycles. The smallest absolute Gasteiger partial charge is 0.0459 e. The van der Waals surface area contributed by atoms with E-state index in [1.165, 1.54) is 11.1 Å². The molecule has 0 amide bonds. The van der Waals surface area contributed by atoms with E-state index in [-0.39, 0.29) is 0 Å². The second kappa shape index (κ2) is 5.68. The van der Waals surface area contributed by atoms with Crippen LogP contribution in [0.4, 0.5) is 0 Å². The third kappa shape index (κ3) is 4.91. The van der Waals surface area contributed by atoms with Gasteiger partial charge in [0.2, 0.25) is 0 Å². The first-order chi connectivity index (χ1) is 7.79. The topological polar surface area (TPSA) is 3.24 Å². The van der Waals surface area contributed by atoms with Crippen molar-refractivity contribution in [2.24, 2.45) is 5.41 Å². The number of rotatable bonds is 2. The fraction of sp³-hybridized carbons (Fsp3) is 0.625. The second-order valence-corrected chi connectivity index (χ2v) is 6.49. The molecule has 1 unspecified atom stereocenters. The first kappa shape index (κ1) is 14.2. The normalized spacial score (nSPS) is 29.9. The summed E-state index contributed by atoms with van der Waals surface area (Å²) < 4.78 is 0. The number of allylic oxidation sites excluding steroid dienone is 4. The lowest BCUT2D eigenvalue weighted by molar-refractivity contribution is 0.389. The van der Waals surface area contributed by atoms with E-state index in [0.29, 0.717) is 11.5 Å². The summed E-state index contributed by atoms with van der Waals surface area (Å²) in [6.07, 6.45) is 11.5. The van der Waals surface area contributed by atoms with Gasteiger partial charge < -0.3 is 0 Å². The summed E-state index contributed by atoms with van der Waals surface area (Å²) in [6, 6.07) is 0.429. The molecule has 17 heavy (non-hydrogen) atoms. The molecule has 1 aliphatic rings. The molecule has 0 saturated carbocycles. The number of hydrogen-bond acceptors (Lipinski definition) is 1. The number of nitrogens with zero attached hydrogens (tertiary/aromatic N) is 1. The summed E-state index contributed by atoms with van der Waals surface area (Å²) in [5.41, 5.74) is 3.37. The Morgan fingerprint density at radius 1 is 1.24 bits per heavy atom. The Kier molecular flexibility index (Phi) is 4.76. The van der Waals surface area contributed by atoms with Gasteiger partial charge in [0, 0.05) is 6.04 Å². The van der Waals surface area contributed by atoms with Crippen molar-refractivity contribution in [3.63, 3.8) is 0 Å². The van der Waals surface area contributed by atoms with Crippen molar-refractivity contribution in [2.75, 3.05) is 14.1 Å². The van der Waals surface area contributed by atoms with Crippen LogP contribution in [0.2, 0.25) is 0 Å². The first-order valence-electron chi connectivity index (χ1n) is 6.49.